The molecule has 2 bridgehead atoms. The second-order valence-corrected chi connectivity index (χ2v) is 6.93. The van der Waals surface area contributed by atoms with Crippen LogP contribution in [0.5, 0.6) is 0 Å². The molecule has 0 aromatic heterocycles. The molecule has 4 atom stereocenters. The maximum Gasteiger partial charge on any atom is 0.308 e. The van der Waals surface area contributed by atoms with E-state index in [9.17, 15) is 14.4 Å². The maximum atomic E-state index is 12.5. The Morgan fingerprint density at radius 2 is 2.04 bits per heavy atom. The molecule has 0 saturated carbocycles. The highest BCUT2D eigenvalue weighted by Gasteiger charge is 2.45. The van der Waals surface area contributed by atoms with Crippen molar-refractivity contribution in [1.82, 2.24) is 9.80 Å². The van der Waals surface area contributed by atoms with Crippen molar-refractivity contribution in [3.05, 3.63) is 0 Å². The minimum absolute atomic E-state index is 0.0106. The fourth-order valence-corrected chi connectivity index (χ4v) is 3.97. The van der Waals surface area contributed by atoms with Gasteiger partial charge < -0.3 is 19.6 Å². The summed E-state index contributed by atoms with van der Waals surface area (Å²) in [5.74, 6) is -1.67. The van der Waals surface area contributed by atoms with Crippen LogP contribution in [0.4, 0.5) is 0 Å². The number of amides is 2. The molecule has 7 nitrogen and oxygen atoms in total. The van der Waals surface area contributed by atoms with Gasteiger partial charge in [0.15, 0.2) is 0 Å². The molecule has 1 N–H and O–H groups in total. The number of aliphatic carboxylic acids is 1. The van der Waals surface area contributed by atoms with E-state index in [-0.39, 0.29) is 43.0 Å². The number of likely N-dealkylation sites (tertiary alicyclic amines) is 1. The zero-order valence-electron chi connectivity index (χ0n) is 13.4. The topological polar surface area (TPSA) is 87.2 Å². The number of rotatable bonds is 4. The summed E-state index contributed by atoms with van der Waals surface area (Å²) in [5.41, 5.74) is 0. The summed E-state index contributed by atoms with van der Waals surface area (Å²) in [5, 5.41) is 9.10. The van der Waals surface area contributed by atoms with Gasteiger partial charge in [-0.2, -0.15) is 0 Å². The second-order valence-electron chi connectivity index (χ2n) is 6.93. The molecule has 3 aliphatic heterocycles. The standard InChI is InChI=1S/C16H24N2O5/c1-17(15(20)12-7-11-4-5-13(12)23-11)9-14(19)18-6-2-3-10(8-18)16(21)22/h10-13H,2-9H2,1H3,(H,21,22). The Morgan fingerprint density at radius 3 is 2.65 bits per heavy atom. The van der Waals surface area contributed by atoms with E-state index in [1.54, 1.807) is 11.9 Å². The number of carboxylic acid groups (broad SMARTS) is 1. The van der Waals surface area contributed by atoms with Crippen LogP contribution in [0.15, 0.2) is 0 Å². The van der Waals surface area contributed by atoms with Crippen molar-refractivity contribution in [2.45, 2.75) is 44.3 Å². The van der Waals surface area contributed by atoms with Gasteiger partial charge in [-0.1, -0.05) is 0 Å². The third kappa shape index (κ3) is 3.34. The summed E-state index contributed by atoms with van der Waals surface area (Å²) in [4.78, 5) is 39.0. The Labute approximate surface area is 135 Å². The average Bonchev–Trinajstić information content (AvgIpc) is 3.17. The number of fused-ring (bicyclic) bond motifs is 2. The number of hydrogen-bond acceptors (Lipinski definition) is 4. The van der Waals surface area contributed by atoms with Gasteiger partial charge in [0, 0.05) is 20.1 Å². The lowest BCUT2D eigenvalue weighted by Gasteiger charge is -2.32. The number of carboxylic acids is 1. The molecule has 3 heterocycles. The van der Waals surface area contributed by atoms with Gasteiger partial charge in [0.05, 0.1) is 30.6 Å². The highest BCUT2D eigenvalue weighted by molar-refractivity contribution is 5.86. The summed E-state index contributed by atoms with van der Waals surface area (Å²) in [6.45, 7) is 0.828. The Morgan fingerprint density at radius 1 is 1.26 bits per heavy atom. The molecular formula is C16H24N2O5. The van der Waals surface area contributed by atoms with Crippen LogP contribution in [0.3, 0.4) is 0 Å². The van der Waals surface area contributed by atoms with Gasteiger partial charge in [0.1, 0.15) is 0 Å². The first kappa shape index (κ1) is 16.2. The van der Waals surface area contributed by atoms with Gasteiger partial charge in [-0.15, -0.1) is 0 Å². The van der Waals surface area contributed by atoms with E-state index in [4.69, 9.17) is 9.84 Å². The number of nitrogens with zero attached hydrogens (tertiary/aromatic N) is 2. The number of likely N-dealkylation sites (N-methyl/N-ethyl adjacent to an activating group) is 1. The van der Waals surface area contributed by atoms with Crippen molar-refractivity contribution in [3.63, 3.8) is 0 Å². The van der Waals surface area contributed by atoms with Crippen molar-refractivity contribution in [2.24, 2.45) is 11.8 Å². The molecule has 0 aliphatic carbocycles. The predicted molar refractivity (Wildman–Crippen MR) is 80.6 cm³/mol. The van der Waals surface area contributed by atoms with E-state index in [0.717, 1.165) is 19.3 Å². The highest BCUT2D eigenvalue weighted by Crippen LogP contribution is 2.39. The van der Waals surface area contributed by atoms with E-state index in [0.29, 0.717) is 19.4 Å². The normalized spacial score (nSPS) is 32.8. The van der Waals surface area contributed by atoms with Gasteiger partial charge >= 0.3 is 5.97 Å². The first-order chi connectivity index (χ1) is 11.0. The lowest BCUT2D eigenvalue weighted by Crippen LogP contribution is -2.48. The van der Waals surface area contributed by atoms with Gasteiger partial charge in [-0.3, -0.25) is 14.4 Å². The number of ether oxygens (including phenoxy) is 1. The van der Waals surface area contributed by atoms with Crippen molar-refractivity contribution >= 4 is 17.8 Å². The van der Waals surface area contributed by atoms with Crippen LogP contribution in [0.2, 0.25) is 0 Å². The molecule has 3 aliphatic rings. The molecule has 0 aromatic rings. The zero-order chi connectivity index (χ0) is 16.6. The van der Waals surface area contributed by atoms with Crippen LogP contribution >= 0.6 is 0 Å². The van der Waals surface area contributed by atoms with Crippen molar-refractivity contribution in [2.75, 3.05) is 26.7 Å². The van der Waals surface area contributed by atoms with Crippen molar-refractivity contribution in [1.29, 1.82) is 0 Å². The van der Waals surface area contributed by atoms with Gasteiger partial charge in [-0.25, -0.2) is 0 Å². The third-order valence-corrected chi connectivity index (χ3v) is 5.30. The molecule has 7 heteroatoms. The monoisotopic (exact) mass is 324 g/mol. The molecule has 2 amide bonds. The lowest BCUT2D eigenvalue weighted by molar-refractivity contribution is -0.148. The van der Waals surface area contributed by atoms with Gasteiger partial charge in [-0.05, 0) is 32.1 Å². The van der Waals surface area contributed by atoms with E-state index >= 15 is 0 Å². The fourth-order valence-electron chi connectivity index (χ4n) is 3.97. The summed E-state index contributed by atoms with van der Waals surface area (Å²) in [7, 11) is 1.64. The molecule has 3 fully saturated rings. The lowest BCUT2D eigenvalue weighted by atomic mass is 9.88. The van der Waals surface area contributed by atoms with Gasteiger partial charge in [0.25, 0.3) is 0 Å². The summed E-state index contributed by atoms with van der Waals surface area (Å²) in [6, 6.07) is 0. The quantitative estimate of drug-likeness (QED) is 0.805. The number of piperidine rings is 1. The third-order valence-electron chi connectivity index (χ3n) is 5.30. The second kappa shape index (κ2) is 6.47. The van der Waals surface area contributed by atoms with Crippen molar-refractivity contribution < 1.29 is 24.2 Å². The predicted octanol–water partition coefficient (Wildman–Crippen LogP) is 0.336. The molecule has 0 spiro atoms. The SMILES string of the molecule is CN(CC(=O)N1CCCC(C(=O)O)C1)C(=O)C1CC2CCC1O2. The van der Waals surface area contributed by atoms with E-state index in [1.165, 1.54) is 4.90 Å². The first-order valence-corrected chi connectivity index (χ1v) is 8.36. The molecule has 23 heavy (non-hydrogen) atoms. The van der Waals surface area contributed by atoms with Crippen LogP contribution in [-0.4, -0.2) is 71.6 Å². The van der Waals surface area contributed by atoms with Gasteiger partial charge in [0.2, 0.25) is 11.8 Å². The fraction of sp³-hybridized carbons (Fsp3) is 0.812. The first-order valence-electron chi connectivity index (χ1n) is 8.36. The minimum atomic E-state index is -0.855. The Kier molecular flexibility index (Phi) is 4.57. The zero-order valence-corrected chi connectivity index (χ0v) is 13.4. The van der Waals surface area contributed by atoms with Crippen LogP contribution in [-0.2, 0) is 19.1 Å². The van der Waals surface area contributed by atoms with E-state index in [1.807, 2.05) is 0 Å². The summed E-state index contributed by atoms with van der Waals surface area (Å²) in [6.07, 6.45) is 4.23. The molecular weight excluding hydrogens is 300 g/mol. The highest BCUT2D eigenvalue weighted by atomic mass is 16.5. The van der Waals surface area contributed by atoms with Crippen LogP contribution in [0, 0.1) is 11.8 Å². The maximum absolute atomic E-state index is 12.5. The summed E-state index contributed by atoms with van der Waals surface area (Å²) < 4.78 is 5.71. The minimum Gasteiger partial charge on any atom is -0.481 e. The largest absolute Gasteiger partial charge is 0.481 e. The molecule has 0 radical (unpaired) electrons. The molecule has 3 rings (SSSR count). The van der Waals surface area contributed by atoms with Crippen LogP contribution in [0.1, 0.15) is 32.1 Å². The number of carbonyl (C=O) groups excluding carboxylic acids is 2. The molecule has 128 valence electrons. The Hall–Kier alpha value is -1.63. The molecule has 3 saturated heterocycles. The smallest absolute Gasteiger partial charge is 0.308 e. The number of hydrogen-bond donors (Lipinski definition) is 1. The molecule has 0 aromatic carbocycles. The number of carbonyl (C=O) groups is 3. The Balaban J connectivity index is 1.52. The average molecular weight is 324 g/mol. The van der Waals surface area contributed by atoms with Crippen molar-refractivity contribution in [3.8, 4) is 0 Å². The molecule has 4 unspecified atom stereocenters. The van der Waals surface area contributed by atoms with Crippen LogP contribution in [0.25, 0.3) is 0 Å². The van der Waals surface area contributed by atoms with E-state index in [2.05, 4.69) is 0 Å². The van der Waals surface area contributed by atoms with E-state index < -0.39 is 11.9 Å². The Bertz CT molecular complexity index is 509. The summed E-state index contributed by atoms with van der Waals surface area (Å²) >= 11 is 0. The van der Waals surface area contributed by atoms with Crippen LogP contribution < -0.4 is 0 Å².